The Morgan fingerprint density at radius 1 is 1.11 bits per heavy atom. The van der Waals surface area contributed by atoms with Crippen molar-refractivity contribution in [2.75, 3.05) is 19.7 Å². The Morgan fingerprint density at radius 2 is 2.00 bits per heavy atom. The summed E-state index contributed by atoms with van der Waals surface area (Å²) < 4.78 is 54.4. The van der Waals surface area contributed by atoms with Gasteiger partial charge in [0, 0.05) is 34.2 Å². The van der Waals surface area contributed by atoms with Gasteiger partial charge in [0.05, 0.1) is 5.52 Å². The van der Waals surface area contributed by atoms with E-state index in [1.54, 1.807) is 6.07 Å². The van der Waals surface area contributed by atoms with Gasteiger partial charge in [-0.3, -0.25) is 4.98 Å². The average molecular weight is 498 g/mol. The zero-order chi connectivity index (χ0) is 24.9. The lowest BCUT2D eigenvalue weighted by Crippen LogP contribution is -2.40. The number of aryl methyl sites for hydroxylation is 2. The van der Waals surface area contributed by atoms with Gasteiger partial charge in [-0.1, -0.05) is 0 Å². The van der Waals surface area contributed by atoms with Crippen LogP contribution in [0.2, 0.25) is 0 Å². The quantitative estimate of drug-likeness (QED) is 0.383. The van der Waals surface area contributed by atoms with Gasteiger partial charge in [0.15, 0.2) is 11.5 Å². The van der Waals surface area contributed by atoms with Crippen LogP contribution in [0.4, 0.5) is 13.2 Å². The van der Waals surface area contributed by atoms with E-state index in [1.807, 2.05) is 31.2 Å². The molecule has 0 spiro atoms. The molecule has 188 valence electrons. The second kappa shape index (κ2) is 8.89. The third kappa shape index (κ3) is 4.55. The van der Waals surface area contributed by atoms with Gasteiger partial charge in [-0.05, 0) is 86.7 Å². The summed E-state index contributed by atoms with van der Waals surface area (Å²) in [6.45, 7) is 3.84. The minimum absolute atomic E-state index is 0.126. The van der Waals surface area contributed by atoms with E-state index in [1.165, 1.54) is 12.1 Å². The molecule has 0 saturated heterocycles. The minimum atomic E-state index is -4.70. The number of alkyl halides is 3. The number of hydrogen-bond acceptors (Lipinski definition) is 5. The highest BCUT2D eigenvalue weighted by molar-refractivity contribution is 5.88. The standard InChI is InChI=1S/C27H26F3N3O3/c1-15-2-5-19-22(32-15)8-9-25-26(19)35-18(14-34-25)13-31-12-16-3-6-23-20(10-16)21-11-17(36-27(28,29)30)4-7-24(21)33-23/h2,4-5,7-9,11,16,18,31,33H,3,6,10,12-14H2,1H3/t16?,18-/m0/s1. The molecule has 4 aromatic rings. The van der Waals surface area contributed by atoms with Crippen molar-refractivity contribution in [3.05, 3.63) is 59.4 Å². The van der Waals surface area contributed by atoms with Gasteiger partial charge >= 0.3 is 6.36 Å². The van der Waals surface area contributed by atoms with E-state index in [-0.39, 0.29) is 11.9 Å². The van der Waals surface area contributed by atoms with Crippen molar-refractivity contribution < 1.29 is 27.4 Å². The molecule has 0 bridgehead atoms. The van der Waals surface area contributed by atoms with Crippen molar-refractivity contribution in [3.63, 3.8) is 0 Å². The van der Waals surface area contributed by atoms with Crippen LogP contribution in [-0.4, -0.2) is 42.1 Å². The van der Waals surface area contributed by atoms with Crippen LogP contribution in [0.5, 0.6) is 17.2 Å². The lowest BCUT2D eigenvalue weighted by molar-refractivity contribution is -0.274. The van der Waals surface area contributed by atoms with Crippen LogP contribution < -0.4 is 19.5 Å². The Labute approximate surface area is 205 Å². The Kier molecular flexibility index (Phi) is 5.67. The highest BCUT2D eigenvalue weighted by atomic mass is 19.4. The van der Waals surface area contributed by atoms with Crippen LogP contribution in [0.15, 0.2) is 42.5 Å². The summed E-state index contributed by atoms with van der Waals surface area (Å²) in [4.78, 5) is 7.94. The third-order valence-electron chi connectivity index (χ3n) is 6.93. The number of H-pyrrole nitrogens is 1. The number of benzene rings is 2. The predicted molar refractivity (Wildman–Crippen MR) is 130 cm³/mol. The Balaban J connectivity index is 1.10. The van der Waals surface area contributed by atoms with Crippen LogP contribution >= 0.6 is 0 Å². The van der Waals surface area contributed by atoms with E-state index in [4.69, 9.17) is 9.47 Å². The van der Waals surface area contributed by atoms with Crippen LogP contribution in [0, 0.1) is 12.8 Å². The summed E-state index contributed by atoms with van der Waals surface area (Å²) in [5, 5.41) is 5.26. The molecule has 2 atom stereocenters. The maximum absolute atomic E-state index is 12.7. The number of aromatic nitrogens is 2. The van der Waals surface area contributed by atoms with Gasteiger partial charge in [0.25, 0.3) is 0 Å². The smallest absolute Gasteiger partial charge is 0.486 e. The summed E-state index contributed by atoms with van der Waals surface area (Å²) in [5.41, 5.74) is 4.85. The lowest BCUT2D eigenvalue weighted by atomic mass is 9.86. The molecule has 0 radical (unpaired) electrons. The molecule has 3 heterocycles. The molecule has 1 unspecified atom stereocenters. The number of fused-ring (bicyclic) bond motifs is 6. The molecule has 1 aliphatic heterocycles. The van der Waals surface area contributed by atoms with Gasteiger partial charge < -0.3 is 24.5 Å². The van der Waals surface area contributed by atoms with Crippen molar-refractivity contribution in [2.45, 2.75) is 38.7 Å². The maximum Gasteiger partial charge on any atom is 0.573 e. The predicted octanol–water partition coefficient (Wildman–Crippen LogP) is 5.46. The molecule has 6 rings (SSSR count). The van der Waals surface area contributed by atoms with Gasteiger partial charge in [0.1, 0.15) is 18.5 Å². The first-order chi connectivity index (χ1) is 17.3. The van der Waals surface area contributed by atoms with Crippen molar-refractivity contribution in [1.29, 1.82) is 0 Å². The van der Waals surface area contributed by atoms with E-state index in [0.29, 0.717) is 19.1 Å². The van der Waals surface area contributed by atoms with E-state index in [0.717, 1.165) is 76.1 Å². The molecule has 9 heteroatoms. The first kappa shape index (κ1) is 23.0. The van der Waals surface area contributed by atoms with Crippen LogP contribution in [0.3, 0.4) is 0 Å². The molecule has 36 heavy (non-hydrogen) atoms. The van der Waals surface area contributed by atoms with E-state index in [9.17, 15) is 13.2 Å². The van der Waals surface area contributed by atoms with E-state index < -0.39 is 6.36 Å². The molecule has 2 aromatic heterocycles. The molecule has 2 aliphatic rings. The van der Waals surface area contributed by atoms with Gasteiger partial charge in [-0.25, -0.2) is 0 Å². The number of hydrogen-bond donors (Lipinski definition) is 2. The minimum Gasteiger partial charge on any atom is -0.486 e. The number of pyridine rings is 1. The van der Waals surface area contributed by atoms with Gasteiger partial charge in [-0.2, -0.15) is 0 Å². The number of nitrogens with one attached hydrogen (secondary N) is 2. The summed E-state index contributed by atoms with van der Waals surface area (Å²) in [6, 6.07) is 12.3. The number of rotatable bonds is 5. The fourth-order valence-corrected chi connectivity index (χ4v) is 5.27. The first-order valence-corrected chi connectivity index (χ1v) is 12.1. The third-order valence-corrected chi connectivity index (χ3v) is 6.93. The first-order valence-electron chi connectivity index (χ1n) is 12.1. The lowest BCUT2D eigenvalue weighted by Gasteiger charge is -2.29. The summed E-state index contributed by atoms with van der Waals surface area (Å²) in [7, 11) is 0. The van der Waals surface area contributed by atoms with Crippen LogP contribution in [0.25, 0.3) is 21.8 Å². The van der Waals surface area contributed by atoms with Gasteiger partial charge in [0.2, 0.25) is 0 Å². The second-order valence-corrected chi connectivity index (χ2v) is 9.57. The Hall–Kier alpha value is -3.46. The van der Waals surface area contributed by atoms with Crippen molar-refractivity contribution in [1.82, 2.24) is 15.3 Å². The normalized spacial score (nSPS) is 19.4. The highest BCUT2D eigenvalue weighted by Gasteiger charge is 2.32. The highest BCUT2D eigenvalue weighted by Crippen LogP contribution is 2.38. The van der Waals surface area contributed by atoms with Crippen molar-refractivity contribution in [3.8, 4) is 17.2 Å². The number of halogens is 3. The monoisotopic (exact) mass is 497 g/mol. The maximum atomic E-state index is 12.7. The second-order valence-electron chi connectivity index (χ2n) is 9.57. The fraction of sp³-hybridized carbons (Fsp3) is 0.370. The molecule has 0 saturated carbocycles. The summed E-state index contributed by atoms with van der Waals surface area (Å²) in [6.07, 6.45) is -2.18. The summed E-state index contributed by atoms with van der Waals surface area (Å²) >= 11 is 0. The molecular weight excluding hydrogens is 471 g/mol. The average Bonchev–Trinajstić information content (AvgIpc) is 3.20. The molecule has 2 aromatic carbocycles. The SMILES string of the molecule is Cc1ccc2c3c(ccc2n1)OC[C@H](CNCC1CCc2[nH]c4ccc(OC(F)(F)F)cc4c2C1)O3. The van der Waals surface area contributed by atoms with E-state index >= 15 is 0 Å². The molecule has 0 amide bonds. The molecular formula is C27H26F3N3O3. The zero-order valence-electron chi connectivity index (χ0n) is 19.7. The number of aromatic amines is 1. The molecule has 1 aliphatic carbocycles. The van der Waals surface area contributed by atoms with Crippen molar-refractivity contribution in [2.24, 2.45) is 5.92 Å². The topological polar surface area (TPSA) is 68.4 Å². The summed E-state index contributed by atoms with van der Waals surface area (Å²) in [5.74, 6) is 1.65. The fourth-order valence-electron chi connectivity index (χ4n) is 5.27. The number of nitrogens with zero attached hydrogens (tertiary/aromatic N) is 1. The van der Waals surface area contributed by atoms with Crippen molar-refractivity contribution >= 4 is 21.8 Å². The van der Waals surface area contributed by atoms with E-state index in [2.05, 4.69) is 20.0 Å². The number of ether oxygens (including phenoxy) is 3. The Bertz CT molecular complexity index is 1430. The molecule has 0 fully saturated rings. The zero-order valence-corrected chi connectivity index (χ0v) is 19.7. The Morgan fingerprint density at radius 3 is 2.86 bits per heavy atom. The molecule has 6 nitrogen and oxygen atoms in total. The van der Waals surface area contributed by atoms with Crippen LogP contribution in [0.1, 0.15) is 23.4 Å². The van der Waals surface area contributed by atoms with Gasteiger partial charge in [-0.15, -0.1) is 13.2 Å². The largest absolute Gasteiger partial charge is 0.573 e. The molecule has 2 N–H and O–H groups in total. The van der Waals surface area contributed by atoms with Crippen LogP contribution in [-0.2, 0) is 12.8 Å².